The fourth-order valence-electron chi connectivity index (χ4n) is 4.17. The molecule has 5 heteroatoms. The number of benzene rings is 2. The normalized spacial score (nSPS) is 16.3. The third kappa shape index (κ3) is 3.66. The van der Waals surface area contributed by atoms with E-state index in [0.29, 0.717) is 27.1 Å². The lowest BCUT2D eigenvalue weighted by atomic mass is 9.72. The van der Waals surface area contributed by atoms with Crippen LogP contribution in [0.25, 0.3) is 10.8 Å². The third-order valence-electron chi connectivity index (χ3n) is 5.94. The molecule has 0 radical (unpaired) electrons. The maximum absolute atomic E-state index is 13.1. The number of nitrogens with zero attached hydrogens (tertiary/aromatic N) is 1. The number of thiophene rings is 1. The molecule has 0 fully saturated rings. The van der Waals surface area contributed by atoms with Crippen LogP contribution in [0.2, 0.25) is 5.02 Å². The molecule has 1 aliphatic carbocycles. The molecular weight excluding hydrogens is 400 g/mol. The van der Waals surface area contributed by atoms with Gasteiger partial charge in [-0.1, -0.05) is 56.6 Å². The van der Waals surface area contributed by atoms with Gasteiger partial charge in [0.25, 0.3) is 5.91 Å². The number of carbonyl (C=O) groups is 1. The Morgan fingerprint density at radius 1 is 1.21 bits per heavy atom. The average Bonchev–Trinajstić information content (AvgIpc) is 3.03. The monoisotopic (exact) mass is 422 g/mol. The van der Waals surface area contributed by atoms with E-state index in [9.17, 15) is 10.1 Å². The van der Waals surface area contributed by atoms with Crippen LogP contribution in [0.4, 0.5) is 5.00 Å². The van der Waals surface area contributed by atoms with E-state index in [4.69, 9.17) is 11.6 Å². The molecule has 1 N–H and O–H groups in total. The lowest BCUT2D eigenvalue weighted by molar-refractivity contribution is 0.102. The van der Waals surface area contributed by atoms with E-state index >= 15 is 0 Å². The lowest BCUT2D eigenvalue weighted by Crippen LogP contribution is -2.26. The summed E-state index contributed by atoms with van der Waals surface area (Å²) in [6.07, 6.45) is 2.95. The van der Waals surface area contributed by atoms with Crippen molar-refractivity contribution >= 4 is 44.6 Å². The van der Waals surface area contributed by atoms with Gasteiger partial charge in [-0.25, -0.2) is 0 Å². The topological polar surface area (TPSA) is 52.9 Å². The quantitative estimate of drug-likeness (QED) is 0.492. The molecule has 0 saturated heterocycles. The molecule has 0 saturated carbocycles. The minimum atomic E-state index is -0.208. The molecular formula is C24H23ClN2OS. The molecule has 0 unspecified atom stereocenters. The highest BCUT2D eigenvalue weighted by atomic mass is 35.5. The van der Waals surface area contributed by atoms with Gasteiger partial charge < -0.3 is 5.32 Å². The Balaban J connectivity index is 1.68. The summed E-state index contributed by atoms with van der Waals surface area (Å²) in [5, 5.41) is 15.7. The molecule has 1 aromatic heterocycles. The highest BCUT2D eigenvalue weighted by molar-refractivity contribution is 7.16. The molecule has 1 aliphatic rings. The first-order chi connectivity index (χ1) is 13.8. The van der Waals surface area contributed by atoms with E-state index in [1.54, 1.807) is 17.4 Å². The summed E-state index contributed by atoms with van der Waals surface area (Å²) in [7, 11) is 0. The van der Waals surface area contributed by atoms with E-state index in [1.807, 2.05) is 30.3 Å². The molecule has 4 rings (SSSR count). The van der Waals surface area contributed by atoms with Gasteiger partial charge in [0.1, 0.15) is 11.1 Å². The number of anilines is 1. The van der Waals surface area contributed by atoms with Gasteiger partial charge >= 0.3 is 0 Å². The van der Waals surface area contributed by atoms with Crippen LogP contribution in [0, 0.1) is 22.7 Å². The Morgan fingerprint density at radius 2 is 1.93 bits per heavy atom. The van der Waals surface area contributed by atoms with Crippen molar-refractivity contribution in [1.29, 1.82) is 5.26 Å². The molecule has 29 heavy (non-hydrogen) atoms. The highest BCUT2D eigenvalue weighted by Crippen LogP contribution is 2.44. The van der Waals surface area contributed by atoms with E-state index in [1.165, 1.54) is 4.88 Å². The van der Waals surface area contributed by atoms with Crippen molar-refractivity contribution in [3.63, 3.8) is 0 Å². The van der Waals surface area contributed by atoms with Gasteiger partial charge in [-0.15, -0.1) is 11.3 Å². The van der Waals surface area contributed by atoms with Crippen LogP contribution in [-0.2, 0) is 12.8 Å². The smallest absolute Gasteiger partial charge is 0.256 e. The molecule has 0 bridgehead atoms. The van der Waals surface area contributed by atoms with Crippen LogP contribution in [0.1, 0.15) is 53.6 Å². The molecule has 1 heterocycles. The Hall–Kier alpha value is -2.35. The van der Waals surface area contributed by atoms with Gasteiger partial charge in [0.15, 0.2) is 0 Å². The predicted octanol–water partition coefficient (Wildman–Crippen LogP) is 6.83. The number of amides is 1. The van der Waals surface area contributed by atoms with Crippen molar-refractivity contribution in [1.82, 2.24) is 0 Å². The summed E-state index contributed by atoms with van der Waals surface area (Å²) >= 11 is 7.85. The Bertz CT molecular complexity index is 1150. The van der Waals surface area contributed by atoms with Gasteiger partial charge in [0, 0.05) is 20.8 Å². The summed E-state index contributed by atoms with van der Waals surface area (Å²) in [4.78, 5) is 14.3. The van der Waals surface area contributed by atoms with E-state index in [0.717, 1.165) is 35.6 Å². The number of fused-ring (bicyclic) bond motifs is 2. The predicted molar refractivity (Wildman–Crippen MR) is 121 cm³/mol. The number of nitrogens with one attached hydrogen (secondary N) is 1. The van der Waals surface area contributed by atoms with E-state index in [2.05, 4.69) is 32.2 Å². The minimum Gasteiger partial charge on any atom is -0.312 e. The largest absolute Gasteiger partial charge is 0.312 e. The van der Waals surface area contributed by atoms with Crippen molar-refractivity contribution in [3.05, 3.63) is 63.0 Å². The Morgan fingerprint density at radius 3 is 2.66 bits per heavy atom. The van der Waals surface area contributed by atoms with Crippen molar-refractivity contribution in [2.24, 2.45) is 11.3 Å². The molecule has 1 amide bonds. The van der Waals surface area contributed by atoms with E-state index in [-0.39, 0.29) is 11.3 Å². The van der Waals surface area contributed by atoms with Crippen molar-refractivity contribution in [2.45, 2.75) is 40.0 Å². The molecule has 0 aliphatic heterocycles. The summed E-state index contributed by atoms with van der Waals surface area (Å²) in [6.45, 7) is 6.82. The molecule has 1 atom stereocenters. The zero-order valence-electron chi connectivity index (χ0n) is 16.8. The zero-order valence-corrected chi connectivity index (χ0v) is 18.4. The highest BCUT2D eigenvalue weighted by Gasteiger charge is 2.32. The molecule has 3 aromatic rings. The maximum Gasteiger partial charge on any atom is 0.256 e. The summed E-state index contributed by atoms with van der Waals surface area (Å²) in [6, 6.07) is 13.4. The molecule has 148 valence electrons. The number of rotatable bonds is 2. The van der Waals surface area contributed by atoms with Gasteiger partial charge in [0.2, 0.25) is 0 Å². The number of hydrogen-bond donors (Lipinski definition) is 1. The molecule has 0 spiro atoms. The van der Waals surface area contributed by atoms with Crippen LogP contribution in [0.3, 0.4) is 0 Å². The van der Waals surface area contributed by atoms with Crippen molar-refractivity contribution in [3.8, 4) is 6.07 Å². The van der Waals surface area contributed by atoms with Crippen LogP contribution in [-0.4, -0.2) is 5.91 Å². The number of nitriles is 1. The summed E-state index contributed by atoms with van der Waals surface area (Å²) < 4.78 is 0. The van der Waals surface area contributed by atoms with Crippen LogP contribution >= 0.6 is 22.9 Å². The SMILES string of the molecule is CC(C)(C)[C@H]1CCc2c(sc(NC(=O)c3cccc4c(Cl)cccc34)c2C#N)C1. The fraction of sp³-hybridized carbons (Fsp3) is 0.333. The van der Waals surface area contributed by atoms with Gasteiger partial charge in [-0.2, -0.15) is 5.26 Å². The standard InChI is InChI=1S/C24H23ClN2OS/c1-24(2,3)14-10-11-17-19(13-26)23(29-21(17)12-14)27-22(28)18-8-4-7-16-15(18)6-5-9-20(16)25/h4-9,14H,10-12H2,1-3H3,(H,27,28)/t14-/m0/s1. The molecule has 3 nitrogen and oxygen atoms in total. The summed E-state index contributed by atoms with van der Waals surface area (Å²) in [5.74, 6) is 0.379. The van der Waals surface area contributed by atoms with Gasteiger partial charge in [-0.3, -0.25) is 4.79 Å². The van der Waals surface area contributed by atoms with Crippen LogP contribution < -0.4 is 5.32 Å². The fourth-order valence-corrected chi connectivity index (χ4v) is 5.68. The maximum atomic E-state index is 13.1. The Labute approximate surface area is 180 Å². The Kier molecular flexibility index (Phi) is 5.14. The zero-order chi connectivity index (χ0) is 20.8. The number of carbonyl (C=O) groups excluding carboxylic acids is 1. The number of halogens is 1. The molecule has 2 aromatic carbocycles. The van der Waals surface area contributed by atoms with Crippen molar-refractivity contribution < 1.29 is 4.79 Å². The first-order valence-electron chi connectivity index (χ1n) is 9.83. The first-order valence-corrected chi connectivity index (χ1v) is 11.0. The lowest BCUT2D eigenvalue weighted by Gasteiger charge is -2.33. The van der Waals surface area contributed by atoms with Gasteiger partial charge in [-0.05, 0) is 53.7 Å². The van der Waals surface area contributed by atoms with E-state index < -0.39 is 0 Å². The third-order valence-corrected chi connectivity index (χ3v) is 7.44. The first kappa shape index (κ1) is 19.9. The second kappa shape index (κ2) is 7.48. The average molecular weight is 423 g/mol. The summed E-state index contributed by atoms with van der Waals surface area (Å²) in [5.41, 5.74) is 2.55. The minimum absolute atomic E-state index is 0.208. The van der Waals surface area contributed by atoms with Gasteiger partial charge in [0.05, 0.1) is 5.56 Å². The van der Waals surface area contributed by atoms with Crippen molar-refractivity contribution in [2.75, 3.05) is 5.32 Å². The van der Waals surface area contributed by atoms with Crippen LogP contribution in [0.15, 0.2) is 36.4 Å². The number of hydrogen-bond acceptors (Lipinski definition) is 3. The van der Waals surface area contributed by atoms with Crippen LogP contribution in [0.5, 0.6) is 0 Å². The second-order valence-electron chi connectivity index (χ2n) is 8.72. The second-order valence-corrected chi connectivity index (χ2v) is 10.2.